The van der Waals surface area contributed by atoms with E-state index in [2.05, 4.69) is 5.32 Å². The van der Waals surface area contributed by atoms with E-state index < -0.39 is 27.9 Å². The van der Waals surface area contributed by atoms with Gasteiger partial charge in [0.25, 0.3) is 11.6 Å². The molecular formula is C13H18FN3O3. The number of hydrogen-bond acceptors (Lipinski definition) is 4. The van der Waals surface area contributed by atoms with Crippen LogP contribution in [-0.4, -0.2) is 16.4 Å². The molecule has 0 aliphatic rings. The standard InChI is InChI=1S/C13H18FN3O3/c1-4-5-13(2,3)16-12(18)8-6-10(15)9(14)7-11(8)17(19)20/h6-7H,4-5,15H2,1-3H3,(H,16,18). The van der Waals surface area contributed by atoms with Gasteiger partial charge in [-0.1, -0.05) is 13.3 Å². The Bertz CT molecular complexity index is 544. The minimum Gasteiger partial charge on any atom is -0.396 e. The van der Waals surface area contributed by atoms with Crippen molar-refractivity contribution in [3.05, 3.63) is 33.6 Å². The van der Waals surface area contributed by atoms with Gasteiger partial charge in [0, 0.05) is 5.54 Å². The summed E-state index contributed by atoms with van der Waals surface area (Å²) in [6.07, 6.45) is 1.56. The van der Waals surface area contributed by atoms with Crippen LogP contribution in [-0.2, 0) is 0 Å². The monoisotopic (exact) mass is 283 g/mol. The van der Waals surface area contributed by atoms with E-state index in [0.29, 0.717) is 12.5 Å². The lowest BCUT2D eigenvalue weighted by molar-refractivity contribution is -0.385. The molecule has 1 amide bonds. The Balaban J connectivity index is 3.15. The first-order valence-electron chi connectivity index (χ1n) is 6.24. The molecular weight excluding hydrogens is 265 g/mol. The Kier molecular flexibility index (Phi) is 4.65. The zero-order chi connectivity index (χ0) is 15.5. The summed E-state index contributed by atoms with van der Waals surface area (Å²) in [5.41, 5.74) is 3.73. The van der Waals surface area contributed by atoms with Crippen LogP contribution in [0, 0.1) is 15.9 Å². The number of halogens is 1. The van der Waals surface area contributed by atoms with E-state index in [9.17, 15) is 19.3 Å². The van der Waals surface area contributed by atoms with Crippen molar-refractivity contribution in [2.24, 2.45) is 0 Å². The van der Waals surface area contributed by atoms with Gasteiger partial charge >= 0.3 is 0 Å². The summed E-state index contributed by atoms with van der Waals surface area (Å²) >= 11 is 0. The lowest BCUT2D eigenvalue weighted by Gasteiger charge is -2.25. The number of rotatable bonds is 5. The topological polar surface area (TPSA) is 98.3 Å². The molecule has 0 unspecified atom stereocenters. The second-order valence-corrected chi connectivity index (χ2v) is 5.24. The van der Waals surface area contributed by atoms with Crippen LogP contribution in [0.25, 0.3) is 0 Å². The number of nitrogen functional groups attached to an aromatic ring is 1. The number of carbonyl (C=O) groups excluding carboxylic acids is 1. The highest BCUT2D eigenvalue weighted by Gasteiger charge is 2.27. The number of nitro benzene ring substituents is 1. The number of nitrogens with two attached hydrogens (primary N) is 1. The molecule has 110 valence electrons. The molecule has 0 fully saturated rings. The minimum atomic E-state index is -0.916. The van der Waals surface area contributed by atoms with Gasteiger partial charge in [-0.25, -0.2) is 4.39 Å². The molecule has 1 aromatic carbocycles. The quantitative estimate of drug-likeness (QED) is 0.493. The second-order valence-electron chi connectivity index (χ2n) is 5.24. The van der Waals surface area contributed by atoms with Gasteiger partial charge < -0.3 is 11.1 Å². The molecule has 0 atom stereocenters. The maximum atomic E-state index is 13.3. The molecule has 0 bridgehead atoms. The van der Waals surface area contributed by atoms with Gasteiger partial charge in [-0.3, -0.25) is 14.9 Å². The van der Waals surface area contributed by atoms with Crippen LogP contribution in [0.3, 0.4) is 0 Å². The molecule has 3 N–H and O–H groups in total. The summed E-state index contributed by atoms with van der Waals surface area (Å²) in [7, 11) is 0. The molecule has 0 heterocycles. The first kappa shape index (κ1) is 15.9. The number of carbonyl (C=O) groups is 1. The van der Waals surface area contributed by atoms with Crippen molar-refractivity contribution < 1.29 is 14.1 Å². The maximum Gasteiger partial charge on any atom is 0.285 e. The van der Waals surface area contributed by atoms with Gasteiger partial charge in [0.1, 0.15) is 5.56 Å². The van der Waals surface area contributed by atoms with Crippen molar-refractivity contribution in [3.8, 4) is 0 Å². The highest BCUT2D eigenvalue weighted by atomic mass is 19.1. The largest absolute Gasteiger partial charge is 0.396 e. The van der Waals surface area contributed by atoms with Gasteiger partial charge in [0.15, 0.2) is 5.82 Å². The Hall–Kier alpha value is -2.18. The molecule has 0 aromatic heterocycles. The number of benzene rings is 1. The smallest absolute Gasteiger partial charge is 0.285 e. The summed E-state index contributed by atoms with van der Waals surface area (Å²) in [5, 5.41) is 13.6. The molecule has 0 saturated heterocycles. The molecule has 0 aliphatic carbocycles. The van der Waals surface area contributed by atoms with Crippen molar-refractivity contribution in [1.82, 2.24) is 5.32 Å². The first-order valence-corrected chi connectivity index (χ1v) is 6.24. The van der Waals surface area contributed by atoms with Gasteiger partial charge in [0.2, 0.25) is 0 Å². The number of nitrogens with one attached hydrogen (secondary N) is 1. The normalized spacial score (nSPS) is 11.2. The van der Waals surface area contributed by atoms with Crippen LogP contribution in [0.4, 0.5) is 15.8 Å². The fourth-order valence-electron chi connectivity index (χ4n) is 1.97. The van der Waals surface area contributed by atoms with E-state index in [1.165, 1.54) is 0 Å². The summed E-state index contributed by atoms with van der Waals surface area (Å²) in [6, 6.07) is 1.65. The molecule has 20 heavy (non-hydrogen) atoms. The van der Waals surface area contributed by atoms with E-state index in [-0.39, 0.29) is 11.3 Å². The maximum absolute atomic E-state index is 13.3. The van der Waals surface area contributed by atoms with Crippen molar-refractivity contribution in [2.45, 2.75) is 39.2 Å². The lowest BCUT2D eigenvalue weighted by atomic mass is 9.98. The predicted molar refractivity (Wildman–Crippen MR) is 73.9 cm³/mol. The minimum absolute atomic E-state index is 0.238. The molecule has 0 radical (unpaired) electrons. The fraction of sp³-hybridized carbons (Fsp3) is 0.462. The summed E-state index contributed by atoms with van der Waals surface area (Å²) in [6.45, 7) is 5.59. The number of amides is 1. The zero-order valence-electron chi connectivity index (χ0n) is 11.7. The number of anilines is 1. The van der Waals surface area contributed by atoms with E-state index in [4.69, 9.17) is 5.73 Å². The Labute approximate surface area is 116 Å². The van der Waals surface area contributed by atoms with Gasteiger partial charge in [-0.15, -0.1) is 0 Å². The predicted octanol–water partition coefficient (Wildman–Crippen LogP) is 2.62. The van der Waals surface area contributed by atoms with Crippen LogP contribution in [0.5, 0.6) is 0 Å². The van der Waals surface area contributed by atoms with Gasteiger partial charge in [-0.2, -0.15) is 0 Å². The van der Waals surface area contributed by atoms with Crippen LogP contribution in [0.2, 0.25) is 0 Å². The third kappa shape index (κ3) is 3.66. The SMILES string of the molecule is CCCC(C)(C)NC(=O)c1cc(N)c(F)cc1[N+](=O)[O-]. The highest BCUT2D eigenvalue weighted by molar-refractivity contribution is 5.99. The molecule has 1 aromatic rings. The van der Waals surface area contributed by atoms with Crippen LogP contribution in [0.15, 0.2) is 12.1 Å². The van der Waals surface area contributed by atoms with Crippen molar-refractivity contribution in [2.75, 3.05) is 5.73 Å². The zero-order valence-corrected chi connectivity index (χ0v) is 11.7. The van der Waals surface area contributed by atoms with E-state index in [1.54, 1.807) is 0 Å². The third-order valence-corrected chi connectivity index (χ3v) is 2.88. The summed E-state index contributed by atoms with van der Waals surface area (Å²) in [4.78, 5) is 22.2. The number of hydrogen-bond donors (Lipinski definition) is 2. The average Bonchev–Trinajstić information content (AvgIpc) is 2.30. The van der Waals surface area contributed by atoms with Crippen LogP contribution in [0.1, 0.15) is 44.0 Å². The summed E-state index contributed by atoms with van der Waals surface area (Å²) in [5.74, 6) is -1.55. The molecule has 6 nitrogen and oxygen atoms in total. The van der Waals surface area contributed by atoms with Crippen LogP contribution >= 0.6 is 0 Å². The Morgan fingerprint density at radius 2 is 2.10 bits per heavy atom. The van der Waals surface area contributed by atoms with Crippen molar-refractivity contribution in [3.63, 3.8) is 0 Å². The lowest BCUT2D eigenvalue weighted by Crippen LogP contribution is -2.43. The Morgan fingerprint density at radius 1 is 1.50 bits per heavy atom. The first-order chi connectivity index (χ1) is 9.18. The fourth-order valence-corrected chi connectivity index (χ4v) is 1.97. The molecule has 0 spiro atoms. The Morgan fingerprint density at radius 3 is 2.60 bits per heavy atom. The van der Waals surface area contributed by atoms with E-state index >= 15 is 0 Å². The average molecular weight is 283 g/mol. The molecule has 7 heteroatoms. The van der Waals surface area contributed by atoms with Crippen molar-refractivity contribution >= 4 is 17.3 Å². The molecule has 0 aliphatic heterocycles. The number of nitrogens with zero attached hydrogens (tertiary/aromatic N) is 1. The molecule has 1 rings (SSSR count). The number of nitro groups is 1. The molecule has 0 saturated carbocycles. The highest BCUT2D eigenvalue weighted by Crippen LogP contribution is 2.25. The van der Waals surface area contributed by atoms with Crippen LogP contribution < -0.4 is 11.1 Å². The second kappa shape index (κ2) is 5.85. The third-order valence-electron chi connectivity index (χ3n) is 2.88. The van der Waals surface area contributed by atoms with E-state index in [0.717, 1.165) is 12.5 Å². The van der Waals surface area contributed by atoms with Gasteiger partial charge in [-0.05, 0) is 26.3 Å². The van der Waals surface area contributed by atoms with Crippen molar-refractivity contribution in [1.29, 1.82) is 0 Å². The summed E-state index contributed by atoms with van der Waals surface area (Å²) < 4.78 is 13.3. The van der Waals surface area contributed by atoms with Gasteiger partial charge in [0.05, 0.1) is 16.7 Å². The van der Waals surface area contributed by atoms with E-state index in [1.807, 2.05) is 20.8 Å².